The maximum atomic E-state index is 12.0. The molecule has 0 saturated carbocycles. The van der Waals surface area contributed by atoms with Crippen molar-refractivity contribution in [3.05, 3.63) is 29.8 Å². The summed E-state index contributed by atoms with van der Waals surface area (Å²) < 4.78 is 26.5. The van der Waals surface area contributed by atoms with Gasteiger partial charge < -0.3 is 5.11 Å². The van der Waals surface area contributed by atoms with Crippen molar-refractivity contribution in [1.29, 1.82) is 0 Å². The van der Waals surface area contributed by atoms with Gasteiger partial charge in [0, 0.05) is 6.04 Å². The lowest BCUT2D eigenvalue weighted by Gasteiger charge is -2.14. The third kappa shape index (κ3) is 4.08. The fourth-order valence-electron chi connectivity index (χ4n) is 1.66. The summed E-state index contributed by atoms with van der Waals surface area (Å²) >= 11 is 0. The second-order valence-electron chi connectivity index (χ2n) is 4.30. The molecule has 1 aromatic carbocycles. The molecule has 0 aromatic heterocycles. The summed E-state index contributed by atoms with van der Waals surface area (Å²) in [6, 6.07) is 6.45. The summed E-state index contributed by atoms with van der Waals surface area (Å²) in [5, 5.41) is 9.02. The molecule has 0 aliphatic rings. The molecule has 18 heavy (non-hydrogen) atoms. The first-order valence-electron chi connectivity index (χ1n) is 6.25. The number of nitrogens with one attached hydrogen (secondary N) is 1. The number of aliphatic hydroxyl groups is 1. The van der Waals surface area contributed by atoms with Crippen molar-refractivity contribution in [3.8, 4) is 0 Å². The zero-order chi connectivity index (χ0) is 13.6. The van der Waals surface area contributed by atoms with Crippen LogP contribution in [0.2, 0.25) is 0 Å². The average Bonchev–Trinajstić information content (AvgIpc) is 2.37. The highest BCUT2D eigenvalue weighted by molar-refractivity contribution is 7.89. The predicted octanol–water partition coefficient (Wildman–Crippen LogP) is 1.69. The van der Waals surface area contributed by atoms with Gasteiger partial charge in [-0.3, -0.25) is 0 Å². The lowest BCUT2D eigenvalue weighted by atomic mass is 10.1. The molecule has 0 aliphatic carbocycles. The van der Waals surface area contributed by atoms with E-state index in [2.05, 4.69) is 11.6 Å². The number of hydrogen-bond acceptors (Lipinski definition) is 3. The number of benzene rings is 1. The largest absolute Gasteiger partial charge is 0.395 e. The Bertz CT molecular complexity index is 450. The Morgan fingerprint density at radius 1 is 1.22 bits per heavy atom. The number of hydrogen-bond donors (Lipinski definition) is 2. The summed E-state index contributed by atoms with van der Waals surface area (Å²) in [6.45, 7) is 3.72. The average molecular weight is 271 g/mol. The molecule has 5 heteroatoms. The smallest absolute Gasteiger partial charge is 0.240 e. The monoisotopic (exact) mass is 271 g/mol. The first-order chi connectivity index (χ1) is 8.53. The van der Waals surface area contributed by atoms with Crippen LogP contribution in [0, 0.1) is 0 Å². The van der Waals surface area contributed by atoms with Crippen LogP contribution in [-0.2, 0) is 16.4 Å². The molecule has 0 radical (unpaired) electrons. The summed E-state index contributed by atoms with van der Waals surface area (Å²) in [6.07, 6.45) is 2.54. The zero-order valence-electron chi connectivity index (χ0n) is 10.9. The van der Waals surface area contributed by atoms with Crippen molar-refractivity contribution in [3.63, 3.8) is 0 Å². The normalized spacial score (nSPS) is 13.5. The molecule has 102 valence electrons. The van der Waals surface area contributed by atoms with E-state index in [1.807, 2.05) is 19.1 Å². The Kier molecular flexibility index (Phi) is 5.78. The van der Waals surface area contributed by atoms with E-state index < -0.39 is 16.1 Å². The van der Waals surface area contributed by atoms with Crippen molar-refractivity contribution in [2.75, 3.05) is 6.61 Å². The van der Waals surface area contributed by atoms with Crippen molar-refractivity contribution in [2.45, 2.75) is 44.0 Å². The molecule has 0 unspecified atom stereocenters. The van der Waals surface area contributed by atoms with Gasteiger partial charge in [0.1, 0.15) is 0 Å². The van der Waals surface area contributed by atoms with Crippen LogP contribution in [0.3, 0.4) is 0 Å². The lowest BCUT2D eigenvalue weighted by molar-refractivity contribution is 0.254. The minimum atomic E-state index is -3.53. The molecule has 1 atom stereocenters. The Hall–Kier alpha value is -0.910. The first-order valence-corrected chi connectivity index (χ1v) is 7.74. The van der Waals surface area contributed by atoms with Gasteiger partial charge in [-0.1, -0.05) is 32.4 Å². The molecule has 0 heterocycles. The summed E-state index contributed by atoms with van der Waals surface area (Å²) in [7, 11) is -3.53. The molecule has 0 aliphatic heterocycles. The van der Waals surface area contributed by atoms with E-state index in [4.69, 9.17) is 5.11 Å². The van der Waals surface area contributed by atoms with Crippen molar-refractivity contribution >= 4 is 10.0 Å². The Morgan fingerprint density at radius 2 is 1.83 bits per heavy atom. The van der Waals surface area contributed by atoms with Crippen LogP contribution in [-0.4, -0.2) is 26.2 Å². The first kappa shape index (κ1) is 15.1. The molecular weight excluding hydrogens is 250 g/mol. The van der Waals surface area contributed by atoms with Gasteiger partial charge in [-0.2, -0.15) is 0 Å². The predicted molar refractivity (Wildman–Crippen MR) is 71.9 cm³/mol. The van der Waals surface area contributed by atoms with Crippen LogP contribution < -0.4 is 4.72 Å². The second-order valence-corrected chi connectivity index (χ2v) is 6.02. The topological polar surface area (TPSA) is 66.4 Å². The number of rotatable bonds is 7. The van der Waals surface area contributed by atoms with Crippen molar-refractivity contribution in [1.82, 2.24) is 4.72 Å². The lowest BCUT2D eigenvalue weighted by Crippen LogP contribution is -2.36. The van der Waals surface area contributed by atoms with Crippen LogP contribution in [0.4, 0.5) is 0 Å². The Labute approximate surface area is 109 Å². The minimum Gasteiger partial charge on any atom is -0.395 e. The molecule has 0 fully saturated rings. The van der Waals surface area contributed by atoms with Gasteiger partial charge in [0.05, 0.1) is 11.5 Å². The highest BCUT2D eigenvalue weighted by atomic mass is 32.2. The fraction of sp³-hybridized carbons (Fsp3) is 0.538. The molecule has 1 aromatic rings. The van der Waals surface area contributed by atoms with E-state index in [-0.39, 0.29) is 11.5 Å². The van der Waals surface area contributed by atoms with E-state index in [0.717, 1.165) is 18.4 Å². The standard InChI is InChI=1S/C13H21NO3S/c1-3-5-11-6-8-13(9-7-11)18(16,17)14-12(4-2)10-15/h6-9,12,14-15H,3-5,10H2,1-2H3/t12-/m1/s1. The zero-order valence-corrected chi connectivity index (χ0v) is 11.7. The van der Waals surface area contributed by atoms with Gasteiger partial charge in [-0.05, 0) is 30.5 Å². The molecule has 0 saturated heterocycles. The van der Waals surface area contributed by atoms with Gasteiger partial charge in [0.15, 0.2) is 0 Å². The van der Waals surface area contributed by atoms with Crippen LogP contribution in [0.5, 0.6) is 0 Å². The molecule has 0 spiro atoms. The molecular formula is C13H21NO3S. The summed E-state index contributed by atoms with van der Waals surface area (Å²) in [5.41, 5.74) is 1.13. The van der Waals surface area contributed by atoms with Crippen molar-refractivity contribution in [2.24, 2.45) is 0 Å². The van der Waals surface area contributed by atoms with Crippen molar-refractivity contribution < 1.29 is 13.5 Å². The highest BCUT2D eigenvalue weighted by Gasteiger charge is 2.18. The highest BCUT2D eigenvalue weighted by Crippen LogP contribution is 2.12. The quantitative estimate of drug-likeness (QED) is 0.793. The van der Waals surface area contributed by atoms with Crippen LogP contribution in [0.1, 0.15) is 32.3 Å². The van der Waals surface area contributed by atoms with Gasteiger partial charge in [-0.15, -0.1) is 0 Å². The van der Waals surface area contributed by atoms with E-state index >= 15 is 0 Å². The third-order valence-corrected chi connectivity index (χ3v) is 4.34. The van der Waals surface area contributed by atoms with Gasteiger partial charge >= 0.3 is 0 Å². The van der Waals surface area contributed by atoms with Gasteiger partial charge in [-0.25, -0.2) is 13.1 Å². The number of aliphatic hydroxyl groups excluding tert-OH is 1. The van der Waals surface area contributed by atoms with Crippen LogP contribution in [0.15, 0.2) is 29.2 Å². The van der Waals surface area contributed by atoms with E-state index in [1.54, 1.807) is 12.1 Å². The maximum absolute atomic E-state index is 12.0. The minimum absolute atomic E-state index is 0.191. The van der Waals surface area contributed by atoms with E-state index in [1.165, 1.54) is 0 Å². The van der Waals surface area contributed by atoms with Gasteiger partial charge in [0.25, 0.3) is 0 Å². The Balaban J connectivity index is 2.84. The fourth-order valence-corrected chi connectivity index (χ4v) is 2.97. The molecule has 4 nitrogen and oxygen atoms in total. The van der Waals surface area contributed by atoms with Gasteiger partial charge in [0.2, 0.25) is 10.0 Å². The van der Waals surface area contributed by atoms with E-state index in [9.17, 15) is 8.42 Å². The molecule has 1 rings (SSSR count). The molecule has 2 N–H and O–H groups in total. The maximum Gasteiger partial charge on any atom is 0.240 e. The second kappa shape index (κ2) is 6.87. The third-order valence-electron chi connectivity index (χ3n) is 2.81. The molecule has 0 amide bonds. The number of sulfonamides is 1. The summed E-state index contributed by atoms with van der Waals surface area (Å²) in [5.74, 6) is 0. The Morgan fingerprint density at radius 3 is 2.28 bits per heavy atom. The van der Waals surface area contributed by atoms with E-state index in [0.29, 0.717) is 6.42 Å². The number of aryl methyl sites for hydroxylation is 1. The van der Waals surface area contributed by atoms with Crippen LogP contribution >= 0.6 is 0 Å². The SMILES string of the molecule is CCCc1ccc(S(=O)(=O)N[C@H](CC)CO)cc1. The molecule has 0 bridgehead atoms. The summed E-state index contributed by atoms with van der Waals surface area (Å²) in [4.78, 5) is 0.245. The van der Waals surface area contributed by atoms with Crippen LogP contribution in [0.25, 0.3) is 0 Å².